The van der Waals surface area contributed by atoms with Gasteiger partial charge >= 0.3 is 0 Å². The number of anilines is 2. The van der Waals surface area contributed by atoms with Gasteiger partial charge in [-0.05, 0) is 56.2 Å². The molecule has 7 nitrogen and oxygen atoms in total. The lowest BCUT2D eigenvalue weighted by atomic mass is 10.2. The highest BCUT2D eigenvalue weighted by molar-refractivity contribution is 7.92. The Morgan fingerprint density at radius 3 is 2.61 bits per heavy atom. The first-order chi connectivity index (χ1) is 14.7. The van der Waals surface area contributed by atoms with Gasteiger partial charge in [-0.25, -0.2) is 13.4 Å². The summed E-state index contributed by atoms with van der Waals surface area (Å²) in [6.45, 7) is 5.83. The van der Waals surface area contributed by atoms with Crippen LogP contribution in [-0.2, 0) is 16.6 Å². The van der Waals surface area contributed by atoms with Crippen LogP contribution in [0.25, 0.3) is 4.96 Å². The predicted octanol–water partition coefficient (Wildman–Crippen LogP) is 4.09. The fourth-order valence-electron chi connectivity index (χ4n) is 3.30. The van der Waals surface area contributed by atoms with E-state index in [9.17, 15) is 13.2 Å². The summed E-state index contributed by atoms with van der Waals surface area (Å²) >= 11 is 1.41. The predicted molar refractivity (Wildman–Crippen MR) is 125 cm³/mol. The summed E-state index contributed by atoms with van der Waals surface area (Å²) in [5, 5.41) is 5.06. The van der Waals surface area contributed by atoms with Gasteiger partial charge in [0.2, 0.25) is 0 Å². The third-order valence-electron chi connectivity index (χ3n) is 4.85. The van der Waals surface area contributed by atoms with Crippen molar-refractivity contribution in [2.45, 2.75) is 32.2 Å². The Hall–Kier alpha value is -3.17. The molecule has 2 aromatic carbocycles. The van der Waals surface area contributed by atoms with Gasteiger partial charge in [-0.1, -0.05) is 18.2 Å². The van der Waals surface area contributed by atoms with E-state index in [4.69, 9.17) is 0 Å². The monoisotopic (exact) mass is 454 g/mol. The summed E-state index contributed by atoms with van der Waals surface area (Å²) in [5.41, 5.74) is 4.06. The quantitative estimate of drug-likeness (QED) is 0.458. The van der Waals surface area contributed by atoms with E-state index in [0.717, 1.165) is 11.3 Å². The largest absolute Gasteiger partial charge is 0.379 e. The molecule has 0 saturated heterocycles. The number of aromatic nitrogens is 2. The van der Waals surface area contributed by atoms with Crippen molar-refractivity contribution in [2.24, 2.45) is 0 Å². The molecule has 2 N–H and O–H groups in total. The lowest BCUT2D eigenvalue weighted by Gasteiger charge is -2.13. The second-order valence-electron chi connectivity index (χ2n) is 7.39. The number of nitrogens with zero attached hydrogens (tertiary/aromatic N) is 2. The van der Waals surface area contributed by atoms with E-state index in [1.54, 1.807) is 41.7 Å². The lowest BCUT2D eigenvalue weighted by Crippen LogP contribution is -2.17. The van der Waals surface area contributed by atoms with E-state index in [2.05, 4.69) is 15.0 Å². The minimum atomic E-state index is -3.76. The van der Waals surface area contributed by atoms with Crippen LogP contribution in [0.2, 0.25) is 0 Å². The molecule has 0 aliphatic rings. The molecule has 160 valence electrons. The minimum absolute atomic E-state index is 0.130. The molecule has 0 aliphatic carbocycles. The number of hydrogen-bond acceptors (Lipinski definition) is 6. The van der Waals surface area contributed by atoms with Crippen LogP contribution in [0, 0.1) is 20.8 Å². The normalized spacial score (nSPS) is 11.6. The van der Waals surface area contributed by atoms with Gasteiger partial charge in [0.05, 0.1) is 17.1 Å². The van der Waals surface area contributed by atoms with Crippen LogP contribution in [0.4, 0.5) is 11.4 Å². The fourth-order valence-corrected chi connectivity index (χ4v) is 5.51. The number of hydrogen-bond donors (Lipinski definition) is 2. The molecular formula is C22H22N4O3S2. The molecule has 2 heterocycles. The number of sulfonamides is 1. The highest BCUT2D eigenvalue weighted by atomic mass is 32.2. The van der Waals surface area contributed by atoms with E-state index in [-0.39, 0.29) is 10.5 Å². The Balaban J connectivity index is 1.57. The highest BCUT2D eigenvalue weighted by Gasteiger charge is 2.18. The van der Waals surface area contributed by atoms with Crippen LogP contribution < -0.4 is 15.6 Å². The fraction of sp³-hybridized carbons (Fsp3) is 0.182. The van der Waals surface area contributed by atoms with Crippen molar-refractivity contribution in [1.82, 2.24) is 9.38 Å². The number of nitrogens with one attached hydrogen (secondary N) is 2. The van der Waals surface area contributed by atoms with Gasteiger partial charge in [0, 0.05) is 28.5 Å². The van der Waals surface area contributed by atoms with Gasteiger partial charge in [-0.3, -0.25) is 13.9 Å². The minimum Gasteiger partial charge on any atom is -0.379 e. The zero-order valence-corrected chi connectivity index (χ0v) is 19.0. The Kier molecular flexibility index (Phi) is 5.55. The molecule has 0 bridgehead atoms. The first-order valence-electron chi connectivity index (χ1n) is 9.64. The molecule has 0 atom stereocenters. The maximum absolute atomic E-state index is 13.0. The average molecular weight is 455 g/mol. The number of fused-ring (bicyclic) bond motifs is 1. The third kappa shape index (κ3) is 4.47. The van der Waals surface area contributed by atoms with Crippen LogP contribution >= 0.6 is 11.3 Å². The van der Waals surface area contributed by atoms with E-state index in [1.165, 1.54) is 17.4 Å². The summed E-state index contributed by atoms with van der Waals surface area (Å²) in [6.07, 6.45) is 0. The number of thiazole rings is 1. The lowest BCUT2D eigenvalue weighted by molar-refractivity contribution is 0.600. The second-order valence-corrected chi connectivity index (χ2v) is 9.88. The molecule has 2 aromatic heterocycles. The molecule has 0 fully saturated rings. The van der Waals surface area contributed by atoms with E-state index < -0.39 is 10.0 Å². The highest BCUT2D eigenvalue weighted by Crippen LogP contribution is 2.24. The summed E-state index contributed by atoms with van der Waals surface area (Å²) < 4.78 is 30.1. The van der Waals surface area contributed by atoms with Crippen LogP contribution in [-0.4, -0.2) is 17.8 Å². The Morgan fingerprint density at radius 2 is 1.84 bits per heavy atom. The maximum atomic E-state index is 13.0. The van der Waals surface area contributed by atoms with Crippen molar-refractivity contribution >= 4 is 37.7 Å². The Labute approximate surface area is 184 Å². The average Bonchev–Trinajstić information content (AvgIpc) is 3.08. The summed E-state index contributed by atoms with van der Waals surface area (Å²) in [5.74, 6) is 0. The van der Waals surface area contributed by atoms with Gasteiger partial charge in [-0.15, -0.1) is 11.3 Å². The van der Waals surface area contributed by atoms with Gasteiger partial charge in [-0.2, -0.15) is 0 Å². The molecule has 0 amide bonds. The summed E-state index contributed by atoms with van der Waals surface area (Å²) in [6, 6.07) is 13.8. The molecule has 0 saturated carbocycles. The van der Waals surface area contributed by atoms with Gasteiger partial charge < -0.3 is 5.32 Å². The van der Waals surface area contributed by atoms with Crippen molar-refractivity contribution < 1.29 is 8.42 Å². The van der Waals surface area contributed by atoms with Crippen molar-refractivity contribution in [2.75, 3.05) is 10.0 Å². The van der Waals surface area contributed by atoms with Crippen molar-refractivity contribution in [3.63, 3.8) is 0 Å². The topological polar surface area (TPSA) is 92.6 Å². The van der Waals surface area contributed by atoms with Crippen LogP contribution in [0.15, 0.2) is 63.6 Å². The smallest absolute Gasteiger partial charge is 0.262 e. The molecule has 4 aromatic rings. The number of benzene rings is 2. The summed E-state index contributed by atoms with van der Waals surface area (Å²) in [4.78, 5) is 17.7. The molecule has 0 aliphatic heterocycles. The molecule has 9 heteroatoms. The molecule has 0 spiro atoms. The van der Waals surface area contributed by atoms with Gasteiger partial charge in [0.15, 0.2) is 4.96 Å². The molecule has 31 heavy (non-hydrogen) atoms. The van der Waals surface area contributed by atoms with Crippen molar-refractivity contribution in [3.05, 3.63) is 86.8 Å². The molecule has 4 rings (SSSR count). The van der Waals surface area contributed by atoms with E-state index in [0.29, 0.717) is 34.1 Å². The Morgan fingerprint density at radius 1 is 1.03 bits per heavy atom. The Bertz CT molecular complexity index is 1440. The number of aryl methyl sites for hydroxylation is 3. The van der Waals surface area contributed by atoms with Crippen molar-refractivity contribution in [1.29, 1.82) is 0 Å². The molecular weight excluding hydrogens is 432 g/mol. The van der Waals surface area contributed by atoms with Crippen LogP contribution in [0.1, 0.15) is 22.5 Å². The van der Waals surface area contributed by atoms with Crippen molar-refractivity contribution in [3.8, 4) is 0 Å². The van der Waals surface area contributed by atoms with Gasteiger partial charge in [0.1, 0.15) is 0 Å². The maximum Gasteiger partial charge on any atom is 0.262 e. The third-order valence-corrected chi connectivity index (χ3v) is 7.32. The second kappa shape index (κ2) is 8.16. The van der Waals surface area contributed by atoms with E-state index in [1.807, 2.05) is 31.4 Å². The molecule has 0 radical (unpaired) electrons. The van der Waals surface area contributed by atoms with Crippen LogP contribution in [0.3, 0.4) is 0 Å². The van der Waals surface area contributed by atoms with Gasteiger partial charge in [0.25, 0.3) is 15.6 Å². The first-order valence-corrected chi connectivity index (χ1v) is 12.0. The summed E-state index contributed by atoms with van der Waals surface area (Å²) in [7, 11) is -3.76. The van der Waals surface area contributed by atoms with Crippen LogP contribution in [0.5, 0.6) is 0 Å². The standard InChI is InChI=1S/C22H22N4O3S2/c1-14-5-4-6-18(9-14)25-31(28,29)20-10-17(8-7-15(20)2)23-12-19-11-21(27)26-16(3)13-30-22(26)24-19/h4-11,13,23,25H,12H2,1-3H3. The SMILES string of the molecule is Cc1cccc(NS(=O)(=O)c2cc(NCc3cc(=O)n4c(C)csc4n3)ccc2C)c1. The van der Waals surface area contributed by atoms with E-state index >= 15 is 0 Å². The first kappa shape index (κ1) is 21.1. The molecule has 0 unspecified atom stereocenters. The zero-order chi connectivity index (χ0) is 22.2. The number of rotatable bonds is 6. The zero-order valence-electron chi connectivity index (χ0n) is 17.3.